The summed E-state index contributed by atoms with van der Waals surface area (Å²) < 4.78 is 58.2. The highest BCUT2D eigenvalue weighted by Gasteiger charge is 2.36. The Morgan fingerprint density at radius 2 is 1.52 bits per heavy atom. The summed E-state index contributed by atoms with van der Waals surface area (Å²) in [4.78, 5) is 4.16. The van der Waals surface area contributed by atoms with Gasteiger partial charge in [-0.05, 0) is 48.7 Å². The van der Waals surface area contributed by atoms with Gasteiger partial charge in [-0.1, -0.05) is 83.9 Å². The van der Waals surface area contributed by atoms with E-state index in [1.54, 1.807) is 31.3 Å². The van der Waals surface area contributed by atoms with Crippen LogP contribution in [0, 0.1) is 12.7 Å². The number of rotatable bonds is 4. The molecule has 0 aromatic heterocycles. The molecule has 8 heteroatoms. The molecule has 3 aromatic rings. The van der Waals surface area contributed by atoms with Crippen LogP contribution in [0.1, 0.15) is 81.4 Å². The summed E-state index contributed by atoms with van der Waals surface area (Å²) in [6, 6.07) is 16.1. The van der Waals surface area contributed by atoms with Gasteiger partial charge >= 0.3 is 6.18 Å². The fourth-order valence-electron chi connectivity index (χ4n) is 3.98. The summed E-state index contributed by atoms with van der Waals surface area (Å²) in [7, 11) is 3.10. The molecule has 0 saturated heterocycles. The van der Waals surface area contributed by atoms with Crippen LogP contribution in [0.15, 0.2) is 65.7 Å². The molecule has 0 fully saturated rings. The second kappa shape index (κ2) is 17.2. The highest BCUT2D eigenvalue weighted by molar-refractivity contribution is 6.06. The quantitative estimate of drug-likeness (QED) is 0.312. The van der Waals surface area contributed by atoms with Crippen LogP contribution < -0.4 is 15.4 Å². The molecule has 0 saturated carbocycles. The van der Waals surface area contributed by atoms with E-state index >= 15 is 0 Å². The van der Waals surface area contributed by atoms with E-state index < -0.39 is 17.9 Å². The summed E-state index contributed by atoms with van der Waals surface area (Å²) in [6.07, 6.45) is -1.91. The Bertz CT molecular complexity index is 1210. The minimum atomic E-state index is -4.44. The minimum Gasteiger partial charge on any atom is -0.495 e. The van der Waals surface area contributed by atoms with Gasteiger partial charge in [0.2, 0.25) is 0 Å². The molecule has 1 aliphatic heterocycles. The average molecular weight is 562 g/mol. The van der Waals surface area contributed by atoms with Gasteiger partial charge in [-0.2, -0.15) is 13.2 Å². The molecular weight excluding hydrogens is 518 g/mol. The van der Waals surface area contributed by atoms with Crippen molar-refractivity contribution in [1.82, 2.24) is 5.32 Å². The van der Waals surface area contributed by atoms with Crippen LogP contribution in [0.25, 0.3) is 0 Å². The molecule has 1 unspecified atom stereocenters. The van der Waals surface area contributed by atoms with Crippen LogP contribution in [-0.2, 0) is 12.6 Å². The van der Waals surface area contributed by atoms with Crippen LogP contribution in [0.4, 0.5) is 23.2 Å². The van der Waals surface area contributed by atoms with Gasteiger partial charge < -0.3 is 15.4 Å². The molecule has 2 N–H and O–H groups in total. The Morgan fingerprint density at radius 1 is 0.900 bits per heavy atom. The van der Waals surface area contributed by atoms with Crippen molar-refractivity contribution >= 4 is 11.5 Å². The number of fused-ring (bicyclic) bond motifs is 1. The van der Waals surface area contributed by atoms with Crippen molar-refractivity contribution in [1.29, 1.82) is 0 Å². The van der Waals surface area contributed by atoms with E-state index in [0.29, 0.717) is 17.3 Å². The third-order valence-electron chi connectivity index (χ3n) is 5.77. The number of benzene rings is 3. The molecule has 40 heavy (non-hydrogen) atoms. The molecule has 0 amide bonds. The van der Waals surface area contributed by atoms with Gasteiger partial charge in [-0.15, -0.1) is 0 Å². The van der Waals surface area contributed by atoms with Crippen molar-refractivity contribution in [3.63, 3.8) is 0 Å². The van der Waals surface area contributed by atoms with E-state index in [0.717, 1.165) is 35.6 Å². The predicted molar refractivity (Wildman–Crippen MR) is 159 cm³/mol. The summed E-state index contributed by atoms with van der Waals surface area (Å²) >= 11 is 0. The first kappa shape index (κ1) is 34.5. The number of aryl methyl sites for hydroxylation is 1. The normalized spacial score (nSPS) is 14.5. The lowest BCUT2D eigenvalue weighted by Crippen LogP contribution is -2.40. The van der Waals surface area contributed by atoms with Gasteiger partial charge in [0.05, 0.1) is 18.4 Å². The smallest absolute Gasteiger partial charge is 0.416 e. The van der Waals surface area contributed by atoms with Crippen LogP contribution in [0.3, 0.4) is 0 Å². The lowest BCUT2D eigenvalue weighted by atomic mass is 10.0. The average Bonchev–Trinajstić information content (AvgIpc) is 2.96. The number of ether oxygens (including phenoxy) is 1. The Morgan fingerprint density at radius 3 is 2.10 bits per heavy atom. The summed E-state index contributed by atoms with van der Waals surface area (Å²) in [5, 5.41) is 6.12. The van der Waals surface area contributed by atoms with Gasteiger partial charge in [0.15, 0.2) is 0 Å². The fraction of sp³-hybridized carbons (Fsp3) is 0.406. The molecule has 1 heterocycles. The largest absolute Gasteiger partial charge is 0.495 e. The summed E-state index contributed by atoms with van der Waals surface area (Å²) in [6.45, 7) is 12.2. The SMILES string of the molecule is CC.CCC.CCCc1cccc(F)c1C.CN=C1NC(c2ccccc2C(F)(F)F)Nc2c(OC)cccc21. The first-order chi connectivity index (χ1) is 19.1. The molecule has 0 spiro atoms. The highest BCUT2D eigenvalue weighted by atomic mass is 19.4. The number of para-hydroxylation sites is 1. The van der Waals surface area contributed by atoms with Gasteiger partial charge in [-0.3, -0.25) is 4.99 Å². The molecule has 0 bridgehead atoms. The molecule has 0 aliphatic carbocycles. The third-order valence-corrected chi connectivity index (χ3v) is 5.77. The number of aliphatic imine (C=N–C) groups is 1. The Hall–Kier alpha value is -3.55. The maximum Gasteiger partial charge on any atom is 0.416 e. The second-order valence-electron chi connectivity index (χ2n) is 8.74. The first-order valence-corrected chi connectivity index (χ1v) is 13.7. The molecule has 4 nitrogen and oxygen atoms in total. The van der Waals surface area contributed by atoms with Gasteiger partial charge in [0, 0.05) is 18.2 Å². The predicted octanol–water partition coefficient (Wildman–Crippen LogP) is 9.33. The van der Waals surface area contributed by atoms with Crippen molar-refractivity contribution in [2.45, 2.75) is 73.1 Å². The monoisotopic (exact) mass is 561 g/mol. The Kier molecular flexibility index (Phi) is 14.8. The number of hydrogen-bond acceptors (Lipinski definition) is 3. The lowest BCUT2D eigenvalue weighted by Gasteiger charge is -2.32. The van der Waals surface area contributed by atoms with E-state index in [9.17, 15) is 17.6 Å². The number of nitrogens with zero attached hydrogens (tertiary/aromatic N) is 1. The van der Waals surface area contributed by atoms with Crippen molar-refractivity contribution < 1.29 is 22.3 Å². The maximum absolute atomic E-state index is 13.3. The Labute approximate surface area is 236 Å². The number of halogens is 4. The Balaban J connectivity index is 0.000000417. The zero-order valence-electron chi connectivity index (χ0n) is 24.8. The van der Waals surface area contributed by atoms with Gasteiger partial charge in [0.25, 0.3) is 0 Å². The number of alkyl halides is 3. The van der Waals surface area contributed by atoms with Crippen LogP contribution >= 0.6 is 0 Å². The molecule has 220 valence electrons. The number of amidine groups is 1. The number of hydrogen-bond donors (Lipinski definition) is 2. The summed E-state index contributed by atoms with van der Waals surface area (Å²) in [5.41, 5.74) is 2.70. The highest BCUT2D eigenvalue weighted by Crippen LogP contribution is 2.39. The van der Waals surface area contributed by atoms with Crippen molar-refractivity contribution in [2.75, 3.05) is 19.5 Å². The standard InChI is InChI=1S/C17H16F3N3O.C10H13F.C3H8.C2H6/c1-21-15-11-7-5-9-13(24-2)14(11)22-16(23-15)10-6-3-4-8-12(10)17(18,19)20;1-3-5-9-6-4-7-10(11)8(9)2;1-3-2;1-2/h3-9,16,22H,1-2H3,(H,21,23);4,6-7H,3,5H2,1-2H3;3H2,1-2H3;1-2H3. The lowest BCUT2D eigenvalue weighted by molar-refractivity contribution is -0.138. The number of methoxy groups -OCH3 is 1. The zero-order valence-corrected chi connectivity index (χ0v) is 24.8. The van der Waals surface area contributed by atoms with Crippen LogP contribution in [0.5, 0.6) is 5.75 Å². The van der Waals surface area contributed by atoms with Crippen molar-refractivity contribution in [3.8, 4) is 5.75 Å². The number of nitrogens with one attached hydrogen (secondary N) is 2. The van der Waals surface area contributed by atoms with Gasteiger partial charge in [-0.25, -0.2) is 4.39 Å². The molecule has 0 radical (unpaired) electrons. The molecular formula is C32H43F4N3O. The topological polar surface area (TPSA) is 45.7 Å². The first-order valence-electron chi connectivity index (χ1n) is 13.7. The van der Waals surface area contributed by atoms with Crippen LogP contribution in [-0.4, -0.2) is 20.0 Å². The minimum absolute atomic E-state index is 0.0871. The second-order valence-corrected chi connectivity index (χ2v) is 8.74. The van der Waals surface area contributed by atoms with E-state index in [1.165, 1.54) is 31.7 Å². The number of anilines is 1. The third kappa shape index (κ3) is 9.28. The molecule has 1 aliphatic rings. The van der Waals surface area contributed by atoms with Crippen LogP contribution in [0.2, 0.25) is 0 Å². The van der Waals surface area contributed by atoms with E-state index in [-0.39, 0.29) is 11.4 Å². The van der Waals surface area contributed by atoms with Crippen molar-refractivity contribution in [2.24, 2.45) is 4.99 Å². The van der Waals surface area contributed by atoms with E-state index in [1.807, 2.05) is 32.9 Å². The summed E-state index contributed by atoms with van der Waals surface area (Å²) in [5.74, 6) is 0.963. The molecule has 4 rings (SSSR count). The molecule has 3 aromatic carbocycles. The van der Waals surface area contributed by atoms with Crippen molar-refractivity contribution in [3.05, 3.63) is 94.3 Å². The van der Waals surface area contributed by atoms with E-state index in [4.69, 9.17) is 4.74 Å². The van der Waals surface area contributed by atoms with Gasteiger partial charge in [0.1, 0.15) is 23.6 Å². The maximum atomic E-state index is 13.3. The molecule has 1 atom stereocenters. The zero-order chi connectivity index (χ0) is 30.3. The fourth-order valence-corrected chi connectivity index (χ4v) is 3.98. The van der Waals surface area contributed by atoms with E-state index in [2.05, 4.69) is 36.4 Å².